The second-order valence-electron chi connectivity index (χ2n) is 4.24. The Kier molecular flexibility index (Phi) is 3.49. The fraction of sp³-hybridized carbons (Fsp3) is 0.417. The molecule has 16 heavy (non-hydrogen) atoms. The number of carbonyl (C=O) groups excluding carboxylic acids is 1. The lowest BCUT2D eigenvalue weighted by atomic mass is 10.1. The predicted molar refractivity (Wildman–Crippen MR) is 73.4 cm³/mol. The lowest BCUT2D eigenvalue weighted by Gasteiger charge is -2.17. The van der Waals surface area contributed by atoms with Crippen molar-refractivity contribution in [2.75, 3.05) is 18.0 Å². The Morgan fingerprint density at radius 2 is 2.31 bits per heavy atom. The van der Waals surface area contributed by atoms with Gasteiger partial charge in [-0.05, 0) is 65.7 Å². The summed E-state index contributed by atoms with van der Waals surface area (Å²) in [5.74, 6) is 0.503. The quantitative estimate of drug-likeness (QED) is 0.842. The van der Waals surface area contributed by atoms with Crippen molar-refractivity contribution in [3.05, 3.63) is 27.3 Å². The molecule has 2 N–H and O–H groups in total. The highest BCUT2D eigenvalue weighted by atomic mass is 127. The maximum Gasteiger partial charge on any atom is 0.227 e. The van der Waals surface area contributed by atoms with E-state index in [4.69, 9.17) is 5.73 Å². The number of nitrogens with zero attached hydrogens (tertiary/aromatic N) is 1. The maximum atomic E-state index is 11.8. The molecule has 0 aliphatic carbocycles. The van der Waals surface area contributed by atoms with Crippen LogP contribution in [-0.4, -0.2) is 19.0 Å². The molecule has 1 unspecified atom stereocenters. The van der Waals surface area contributed by atoms with E-state index < -0.39 is 0 Å². The number of halogens is 1. The second-order valence-corrected chi connectivity index (χ2v) is 5.41. The molecule has 4 heteroatoms. The van der Waals surface area contributed by atoms with Crippen molar-refractivity contribution in [3.63, 3.8) is 0 Å². The summed E-state index contributed by atoms with van der Waals surface area (Å²) in [7, 11) is 0. The van der Waals surface area contributed by atoms with Crippen LogP contribution in [0.4, 0.5) is 5.69 Å². The highest BCUT2D eigenvalue weighted by Crippen LogP contribution is 2.26. The molecule has 1 aromatic rings. The number of hydrogen-bond acceptors (Lipinski definition) is 2. The number of hydrogen-bond donors (Lipinski definition) is 1. The van der Waals surface area contributed by atoms with Gasteiger partial charge in [-0.25, -0.2) is 0 Å². The van der Waals surface area contributed by atoms with E-state index in [1.807, 2.05) is 17.0 Å². The van der Waals surface area contributed by atoms with Crippen LogP contribution in [-0.2, 0) is 4.79 Å². The standard InChI is InChI=1S/C12H15IN2O/c1-8-4-10(2-3-11(8)13)15-7-9(6-14)5-12(15)16/h2-4,9H,5-7,14H2,1H3. The van der Waals surface area contributed by atoms with Crippen molar-refractivity contribution in [3.8, 4) is 0 Å². The summed E-state index contributed by atoms with van der Waals surface area (Å²) in [5, 5.41) is 0. The van der Waals surface area contributed by atoms with Crippen molar-refractivity contribution >= 4 is 34.2 Å². The topological polar surface area (TPSA) is 46.3 Å². The summed E-state index contributed by atoms with van der Waals surface area (Å²) in [6.45, 7) is 3.41. The van der Waals surface area contributed by atoms with Crippen molar-refractivity contribution in [2.24, 2.45) is 11.7 Å². The molecule has 1 saturated heterocycles. The molecule has 1 aliphatic heterocycles. The summed E-state index contributed by atoms with van der Waals surface area (Å²) in [6, 6.07) is 6.12. The average Bonchev–Trinajstić information content (AvgIpc) is 2.64. The number of nitrogens with two attached hydrogens (primary N) is 1. The molecule has 0 saturated carbocycles. The van der Waals surface area contributed by atoms with Crippen LogP contribution in [0, 0.1) is 16.4 Å². The van der Waals surface area contributed by atoms with Gasteiger partial charge in [0.25, 0.3) is 0 Å². The first-order chi connectivity index (χ1) is 7.61. The molecule has 1 atom stereocenters. The van der Waals surface area contributed by atoms with Gasteiger partial charge in [0.15, 0.2) is 0 Å². The van der Waals surface area contributed by atoms with Crippen LogP contribution in [0.5, 0.6) is 0 Å². The van der Waals surface area contributed by atoms with Crippen LogP contribution in [0.1, 0.15) is 12.0 Å². The van der Waals surface area contributed by atoms with Crippen LogP contribution in [0.15, 0.2) is 18.2 Å². The molecule has 1 amide bonds. The third-order valence-electron chi connectivity index (χ3n) is 2.99. The van der Waals surface area contributed by atoms with Gasteiger partial charge >= 0.3 is 0 Å². The van der Waals surface area contributed by atoms with Gasteiger partial charge in [0.2, 0.25) is 5.91 Å². The molecule has 0 radical (unpaired) electrons. The van der Waals surface area contributed by atoms with Crippen LogP contribution in [0.3, 0.4) is 0 Å². The number of benzene rings is 1. The number of rotatable bonds is 2. The second kappa shape index (κ2) is 4.71. The Hall–Kier alpha value is -0.620. The van der Waals surface area contributed by atoms with Gasteiger partial charge in [-0.3, -0.25) is 4.79 Å². The third-order valence-corrected chi connectivity index (χ3v) is 4.20. The van der Waals surface area contributed by atoms with E-state index >= 15 is 0 Å². The van der Waals surface area contributed by atoms with Crippen LogP contribution < -0.4 is 10.6 Å². The van der Waals surface area contributed by atoms with Crippen LogP contribution >= 0.6 is 22.6 Å². The van der Waals surface area contributed by atoms with E-state index in [0.717, 1.165) is 12.2 Å². The number of amides is 1. The first kappa shape index (κ1) is 11.9. The lowest BCUT2D eigenvalue weighted by molar-refractivity contribution is -0.117. The number of carbonyl (C=O) groups is 1. The van der Waals surface area contributed by atoms with Crippen LogP contribution in [0.2, 0.25) is 0 Å². The molecule has 1 heterocycles. The fourth-order valence-corrected chi connectivity index (χ4v) is 2.32. The number of aryl methyl sites for hydroxylation is 1. The maximum absolute atomic E-state index is 11.8. The van der Waals surface area contributed by atoms with Crippen molar-refractivity contribution in [1.29, 1.82) is 0 Å². The van der Waals surface area contributed by atoms with Gasteiger partial charge in [-0.15, -0.1) is 0 Å². The summed E-state index contributed by atoms with van der Waals surface area (Å²) in [5.41, 5.74) is 7.82. The van der Waals surface area contributed by atoms with Gasteiger partial charge in [0.1, 0.15) is 0 Å². The summed E-state index contributed by atoms with van der Waals surface area (Å²) < 4.78 is 1.23. The largest absolute Gasteiger partial charge is 0.330 e. The van der Waals surface area contributed by atoms with Gasteiger partial charge in [-0.1, -0.05) is 0 Å². The SMILES string of the molecule is Cc1cc(N2CC(CN)CC2=O)ccc1I. The van der Waals surface area contributed by atoms with E-state index in [2.05, 4.69) is 35.6 Å². The van der Waals surface area contributed by atoms with E-state index in [0.29, 0.717) is 18.9 Å². The normalized spacial score (nSPS) is 20.6. The Balaban J connectivity index is 2.24. The van der Waals surface area contributed by atoms with Crippen LogP contribution in [0.25, 0.3) is 0 Å². The zero-order valence-corrected chi connectivity index (χ0v) is 11.4. The van der Waals surface area contributed by atoms with Crippen molar-refractivity contribution in [2.45, 2.75) is 13.3 Å². The average molecular weight is 330 g/mol. The van der Waals surface area contributed by atoms with Gasteiger partial charge in [0.05, 0.1) is 0 Å². The van der Waals surface area contributed by atoms with Gasteiger partial charge in [-0.2, -0.15) is 0 Å². The molecule has 86 valence electrons. The molecule has 1 aromatic carbocycles. The Morgan fingerprint density at radius 3 is 2.88 bits per heavy atom. The molecular formula is C12H15IN2O. The first-order valence-corrected chi connectivity index (χ1v) is 6.46. The smallest absolute Gasteiger partial charge is 0.227 e. The molecule has 1 aliphatic rings. The molecular weight excluding hydrogens is 315 g/mol. The Bertz CT molecular complexity index is 419. The number of anilines is 1. The first-order valence-electron chi connectivity index (χ1n) is 5.38. The monoisotopic (exact) mass is 330 g/mol. The minimum atomic E-state index is 0.191. The molecule has 0 aromatic heterocycles. The zero-order valence-electron chi connectivity index (χ0n) is 9.24. The summed E-state index contributed by atoms with van der Waals surface area (Å²) >= 11 is 2.30. The predicted octanol–water partition coefficient (Wildman–Crippen LogP) is 1.91. The highest BCUT2D eigenvalue weighted by molar-refractivity contribution is 14.1. The molecule has 0 spiro atoms. The minimum Gasteiger partial charge on any atom is -0.330 e. The van der Waals surface area contributed by atoms with E-state index in [-0.39, 0.29) is 5.91 Å². The Morgan fingerprint density at radius 1 is 1.56 bits per heavy atom. The highest BCUT2D eigenvalue weighted by Gasteiger charge is 2.29. The van der Waals surface area contributed by atoms with Gasteiger partial charge < -0.3 is 10.6 Å². The third kappa shape index (κ3) is 2.22. The minimum absolute atomic E-state index is 0.191. The van der Waals surface area contributed by atoms with E-state index in [9.17, 15) is 4.79 Å². The molecule has 0 bridgehead atoms. The summed E-state index contributed by atoms with van der Waals surface area (Å²) in [4.78, 5) is 13.7. The molecule has 3 nitrogen and oxygen atoms in total. The van der Waals surface area contributed by atoms with E-state index in [1.165, 1.54) is 9.13 Å². The lowest BCUT2D eigenvalue weighted by Crippen LogP contribution is -2.25. The van der Waals surface area contributed by atoms with Gasteiger partial charge in [0, 0.05) is 22.2 Å². The fourth-order valence-electron chi connectivity index (χ4n) is 1.99. The summed E-state index contributed by atoms with van der Waals surface area (Å²) in [6.07, 6.45) is 0.585. The van der Waals surface area contributed by atoms with Crippen molar-refractivity contribution < 1.29 is 4.79 Å². The molecule has 2 rings (SSSR count). The Labute approximate surface area is 109 Å². The molecule has 1 fully saturated rings. The van der Waals surface area contributed by atoms with Crippen molar-refractivity contribution in [1.82, 2.24) is 0 Å². The van der Waals surface area contributed by atoms with E-state index in [1.54, 1.807) is 0 Å². The zero-order chi connectivity index (χ0) is 11.7.